The third kappa shape index (κ3) is 1.62. The molecule has 2 aromatic heterocycles. The van der Waals surface area contributed by atoms with Crippen molar-refractivity contribution < 1.29 is 14.3 Å². The van der Waals surface area contributed by atoms with Crippen molar-refractivity contribution >= 4 is 11.4 Å². The van der Waals surface area contributed by atoms with Gasteiger partial charge >= 0.3 is 0 Å². The standard InChI is InChI=1S/C14H11NO3/c1-8-6-9(4-5-15-8)12-2-3-13(18-12)10-7-11(16)14(10)17/h2-6,17H,7H2,1H3. The molecule has 4 heteroatoms. The maximum absolute atomic E-state index is 11.0. The van der Waals surface area contributed by atoms with E-state index >= 15 is 0 Å². The zero-order chi connectivity index (χ0) is 12.7. The van der Waals surface area contributed by atoms with E-state index in [1.807, 2.05) is 25.1 Å². The first kappa shape index (κ1) is 10.8. The monoisotopic (exact) mass is 241 g/mol. The Morgan fingerprint density at radius 1 is 1.28 bits per heavy atom. The molecule has 2 aromatic rings. The third-order valence-corrected chi connectivity index (χ3v) is 2.97. The van der Waals surface area contributed by atoms with E-state index in [1.54, 1.807) is 12.3 Å². The number of aryl methyl sites for hydroxylation is 1. The van der Waals surface area contributed by atoms with Crippen molar-refractivity contribution in [2.75, 3.05) is 0 Å². The number of Topliss-reactive ketones (excluding diaryl/α,β-unsaturated/α-hetero) is 1. The lowest BCUT2D eigenvalue weighted by atomic mass is 9.93. The van der Waals surface area contributed by atoms with Crippen LogP contribution in [0, 0.1) is 6.92 Å². The molecule has 0 amide bonds. The highest BCUT2D eigenvalue weighted by Crippen LogP contribution is 2.34. The molecular weight excluding hydrogens is 230 g/mol. The Labute approximate surface area is 104 Å². The minimum atomic E-state index is -0.234. The van der Waals surface area contributed by atoms with Gasteiger partial charge in [0.25, 0.3) is 0 Å². The number of carbonyl (C=O) groups excluding carboxylic acids is 1. The van der Waals surface area contributed by atoms with Gasteiger partial charge in [-0.15, -0.1) is 0 Å². The molecule has 0 radical (unpaired) electrons. The van der Waals surface area contributed by atoms with Gasteiger partial charge in [-0.05, 0) is 31.2 Å². The van der Waals surface area contributed by atoms with E-state index in [-0.39, 0.29) is 18.0 Å². The highest BCUT2D eigenvalue weighted by atomic mass is 16.3. The van der Waals surface area contributed by atoms with Crippen molar-refractivity contribution in [2.24, 2.45) is 0 Å². The van der Waals surface area contributed by atoms with E-state index < -0.39 is 0 Å². The summed E-state index contributed by atoms with van der Waals surface area (Å²) >= 11 is 0. The fourth-order valence-electron chi connectivity index (χ4n) is 1.95. The first-order valence-corrected chi connectivity index (χ1v) is 5.63. The number of aromatic nitrogens is 1. The van der Waals surface area contributed by atoms with Crippen LogP contribution in [0.25, 0.3) is 16.9 Å². The van der Waals surface area contributed by atoms with E-state index in [9.17, 15) is 9.90 Å². The van der Waals surface area contributed by atoms with Crippen LogP contribution < -0.4 is 0 Å². The lowest BCUT2D eigenvalue weighted by molar-refractivity contribution is -0.118. The van der Waals surface area contributed by atoms with Crippen LogP contribution >= 0.6 is 0 Å². The largest absolute Gasteiger partial charge is 0.504 e. The molecule has 1 aliphatic carbocycles. The molecule has 0 aromatic carbocycles. The molecule has 90 valence electrons. The van der Waals surface area contributed by atoms with Gasteiger partial charge in [0.05, 0.1) is 0 Å². The summed E-state index contributed by atoms with van der Waals surface area (Å²) in [7, 11) is 0. The molecule has 1 aliphatic rings. The van der Waals surface area contributed by atoms with Crippen LogP contribution in [0.2, 0.25) is 0 Å². The van der Waals surface area contributed by atoms with Crippen molar-refractivity contribution in [1.29, 1.82) is 0 Å². The fourth-order valence-corrected chi connectivity index (χ4v) is 1.95. The van der Waals surface area contributed by atoms with Gasteiger partial charge in [0, 0.05) is 29.4 Å². The molecule has 0 spiro atoms. The van der Waals surface area contributed by atoms with Crippen molar-refractivity contribution in [3.63, 3.8) is 0 Å². The molecule has 3 rings (SSSR count). The normalized spacial score (nSPS) is 14.8. The first-order valence-electron chi connectivity index (χ1n) is 5.63. The third-order valence-electron chi connectivity index (χ3n) is 2.97. The van der Waals surface area contributed by atoms with Crippen molar-refractivity contribution in [3.8, 4) is 11.3 Å². The van der Waals surface area contributed by atoms with E-state index in [1.165, 1.54) is 0 Å². The fraction of sp³-hybridized carbons (Fsp3) is 0.143. The number of carbonyl (C=O) groups is 1. The number of nitrogens with zero attached hydrogens (tertiary/aromatic N) is 1. The quantitative estimate of drug-likeness (QED) is 0.878. The van der Waals surface area contributed by atoms with Gasteiger partial charge in [-0.25, -0.2) is 0 Å². The number of furan rings is 1. The Balaban J connectivity index is 1.98. The van der Waals surface area contributed by atoms with Gasteiger partial charge in [-0.1, -0.05) is 0 Å². The molecule has 0 bridgehead atoms. The van der Waals surface area contributed by atoms with Crippen LogP contribution in [0.5, 0.6) is 0 Å². The Kier molecular flexibility index (Phi) is 2.30. The average molecular weight is 241 g/mol. The zero-order valence-corrected chi connectivity index (χ0v) is 9.80. The lowest BCUT2D eigenvalue weighted by Crippen LogP contribution is -2.16. The number of rotatable bonds is 2. The molecular formula is C14H11NO3. The molecule has 0 saturated heterocycles. The van der Waals surface area contributed by atoms with Crippen LogP contribution in [0.4, 0.5) is 0 Å². The second kappa shape index (κ2) is 3.84. The molecule has 0 saturated carbocycles. The number of hydrogen-bond donors (Lipinski definition) is 1. The Bertz CT molecular complexity index is 667. The molecule has 0 fully saturated rings. The van der Waals surface area contributed by atoms with Crippen molar-refractivity contribution in [3.05, 3.63) is 47.7 Å². The van der Waals surface area contributed by atoms with Gasteiger partial charge < -0.3 is 9.52 Å². The molecule has 4 nitrogen and oxygen atoms in total. The summed E-state index contributed by atoms with van der Waals surface area (Å²) in [5.41, 5.74) is 2.42. The molecule has 0 unspecified atom stereocenters. The second-order valence-electron chi connectivity index (χ2n) is 4.28. The summed E-state index contributed by atoms with van der Waals surface area (Å²) in [4.78, 5) is 15.1. The number of pyridine rings is 1. The number of hydrogen-bond acceptors (Lipinski definition) is 4. The van der Waals surface area contributed by atoms with Crippen LogP contribution in [0.3, 0.4) is 0 Å². The minimum Gasteiger partial charge on any atom is -0.504 e. The Morgan fingerprint density at radius 2 is 2.06 bits per heavy atom. The van der Waals surface area contributed by atoms with E-state index in [2.05, 4.69) is 4.98 Å². The van der Waals surface area contributed by atoms with Crippen molar-refractivity contribution in [2.45, 2.75) is 13.3 Å². The number of aliphatic hydroxyl groups is 1. The SMILES string of the molecule is Cc1cc(-c2ccc(C3=C(O)C(=O)C3)o2)ccn1. The molecule has 1 N–H and O–H groups in total. The van der Waals surface area contributed by atoms with E-state index in [0.29, 0.717) is 17.1 Å². The predicted octanol–water partition coefficient (Wildman–Crippen LogP) is 2.89. The first-order chi connectivity index (χ1) is 8.65. The summed E-state index contributed by atoms with van der Waals surface area (Å²) in [5, 5.41) is 9.41. The summed E-state index contributed by atoms with van der Waals surface area (Å²) in [6, 6.07) is 7.37. The predicted molar refractivity (Wildman–Crippen MR) is 65.8 cm³/mol. The van der Waals surface area contributed by atoms with Crippen molar-refractivity contribution in [1.82, 2.24) is 4.98 Å². The van der Waals surface area contributed by atoms with Gasteiger partial charge in [-0.3, -0.25) is 9.78 Å². The number of aliphatic hydroxyl groups excluding tert-OH is 1. The van der Waals surface area contributed by atoms with Gasteiger partial charge in [-0.2, -0.15) is 0 Å². The van der Waals surface area contributed by atoms with Gasteiger partial charge in [0.1, 0.15) is 11.5 Å². The zero-order valence-electron chi connectivity index (χ0n) is 9.80. The van der Waals surface area contributed by atoms with E-state index in [0.717, 1.165) is 11.3 Å². The summed E-state index contributed by atoms with van der Waals surface area (Å²) < 4.78 is 5.65. The Hall–Kier alpha value is -2.36. The van der Waals surface area contributed by atoms with E-state index in [4.69, 9.17) is 4.42 Å². The minimum absolute atomic E-state index is 0.179. The summed E-state index contributed by atoms with van der Waals surface area (Å²) in [6.45, 7) is 1.91. The van der Waals surface area contributed by atoms with Crippen LogP contribution in [-0.4, -0.2) is 15.9 Å². The Morgan fingerprint density at radius 3 is 2.72 bits per heavy atom. The second-order valence-corrected chi connectivity index (χ2v) is 4.28. The highest BCUT2D eigenvalue weighted by molar-refractivity contribution is 6.14. The van der Waals surface area contributed by atoms with Crippen LogP contribution in [0.15, 0.2) is 40.6 Å². The maximum atomic E-state index is 11.0. The lowest BCUT2D eigenvalue weighted by Gasteiger charge is -2.14. The molecule has 18 heavy (non-hydrogen) atoms. The summed E-state index contributed by atoms with van der Waals surface area (Å²) in [5.74, 6) is 0.844. The maximum Gasteiger partial charge on any atom is 0.202 e. The van der Waals surface area contributed by atoms with Gasteiger partial charge in [0.2, 0.25) is 5.78 Å². The smallest absolute Gasteiger partial charge is 0.202 e. The molecule has 0 aliphatic heterocycles. The number of allylic oxidation sites excluding steroid dienone is 2. The van der Waals surface area contributed by atoms with Crippen LogP contribution in [0.1, 0.15) is 17.9 Å². The number of ketones is 1. The van der Waals surface area contributed by atoms with Crippen LogP contribution in [-0.2, 0) is 4.79 Å². The average Bonchev–Trinajstić information content (AvgIpc) is 2.84. The molecule has 0 atom stereocenters. The highest BCUT2D eigenvalue weighted by Gasteiger charge is 2.29. The summed E-state index contributed by atoms with van der Waals surface area (Å²) in [6.07, 6.45) is 1.96. The topological polar surface area (TPSA) is 63.3 Å². The van der Waals surface area contributed by atoms with Gasteiger partial charge in [0.15, 0.2) is 5.76 Å². The molecule has 2 heterocycles.